The molecular formula is C15H20N2O. The number of nitrogens with zero attached hydrogens (tertiary/aromatic N) is 1. The van der Waals surface area contributed by atoms with E-state index in [1.807, 2.05) is 6.07 Å². The van der Waals surface area contributed by atoms with Crippen LogP contribution in [0.5, 0.6) is 0 Å². The summed E-state index contributed by atoms with van der Waals surface area (Å²) < 4.78 is 0. The lowest BCUT2D eigenvalue weighted by atomic mass is 9.86. The molecule has 0 aliphatic carbocycles. The number of rotatable bonds is 2. The van der Waals surface area contributed by atoms with Crippen molar-refractivity contribution in [2.45, 2.75) is 40.7 Å². The SMILES string of the molecule is Cc1c(C)c(C)c(C(O)c2ccn[nH]2)c(C)c1C. The van der Waals surface area contributed by atoms with Crippen LogP contribution in [0.15, 0.2) is 12.3 Å². The first kappa shape index (κ1) is 12.8. The predicted molar refractivity (Wildman–Crippen MR) is 72.8 cm³/mol. The van der Waals surface area contributed by atoms with Gasteiger partial charge in [0.05, 0.1) is 5.69 Å². The van der Waals surface area contributed by atoms with E-state index in [2.05, 4.69) is 44.8 Å². The molecule has 18 heavy (non-hydrogen) atoms. The molecular weight excluding hydrogens is 224 g/mol. The summed E-state index contributed by atoms with van der Waals surface area (Å²) >= 11 is 0. The Morgan fingerprint density at radius 3 is 1.89 bits per heavy atom. The molecule has 0 saturated heterocycles. The van der Waals surface area contributed by atoms with Crippen molar-refractivity contribution in [3.8, 4) is 0 Å². The van der Waals surface area contributed by atoms with Crippen molar-refractivity contribution in [1.82, 2.24) is 10.2 Å². The van der Waals surface area contributed by atoms with Gasteiger partial charge < -0.3 is 5.11 Å². The minimum Gasteiger partial charge on any atom is -0.382 e. The van der Waals surface area contributed by atoms with Gasteiger partial charge in [-0.05, 0) is 74.1 Å². The predicted octanol–water partition coefficient (Wildman–Crippen LogP) is 3.03. The molecule has 1 aromatic carbocycles. The fraction of sp³-hybridized carbons (Fsp3) is 0.400. The van der Waals surface area contributed by atoms with Gasteiger partial charge in [0.25, 0.3) is 0 Å². The van der Waals surface area contributed by atoms with E-state index in [1.165, 1.54) is 16.7 Å². The summed E-state index contributed by atoms with van der Waals surface area (Å²) in [6.45, 7) is 10.5. The van der Waals surface area contributed by atoms with Crippen molar-refractivity contribution < 1.29 is 5.11 Å². The molecule has 1 unspecified atom stereocenters. The smallest absolute Gasteiger partial charge is 0.121 e. The Morgan fingerprint density at radius 2 is 1.44 bits per heavy atom. The molecule has 0 fully saturated rings. The first-order chi connectivity index (χ1) is 8.45. The van der Waals surface area contributed by atoms with Crippen LogP contribution in [0.3, 0.4) is 0 Å². The summed E-state index contributed by atoms with van der Waals surface area (Å²) in [6, 6.07) is 1.81. The molecule has 0 radical (unpaired) electrons. The third-order valence-corrected chi connectivity index (χ3v) is 4.15. The Hall–Kier alpha value is -1.61. The highest BCUT2D eigenvalue weighted by Crippen LogP contribution is 2.32. The van der Waals surface area contributed by atoms with Gasteiger partial charge in [-0.3, -0.25) is 5.10 Å². The maximum absolute atomic E-state index is 10.5. The minimum atomic E-state index is -0.634. The Balaban J connectivity index is 2.65. The largest absolute Gasteiger partial charge is 0.382 e. The highest BCUT2D eigenvalue weighted by atomic mass is 16.3. The minimum absolute atomic E-state index is 0.634. The van der Waals surface area contributed by atoms with E-state index in [9.17, 15) is 5.11 Å². The van der Waals surface area contributed by atoms with Crippen LogP contribution in [0.4, 0.5) is 0 Å². The van der Waals surface area contributed by atoms with E-state index in [0.29, 0.717) is 0 Å². The zero-order valence-corrected chi connectivity index (χ0v) is 11.6. The molecule has 1 heterocycles. The zero-order chi connectivity index (χ0) is 13.4. The number of benzene rings is 1. The summed E-state index contributed by atoms with van der Waals surface area (Å²) in [5.74, 6) is 0. The number of hydrogen-bond acceptors (Lipinski definition) is 2. The van der Waals surface area contributed by atoms with Gasteiger partial charge in [0, 0.05) is 6.20 Å². The summed E-state index contributed by atoms with van der Waals surface area (Å²) in [7, 11) is 0. The monoisotopic (exact) mass is 244 g/mol. The van der Waals surface area contributed by atoms with Crippen molar-refractivity contribution in [2.75, 3.05) is 0 Å². The number of H-pyrrole nitrogens is 1. The van der Waals surface area contributed by atoms with Gasteiger partial charge in [0.1, 0.15) is 6.10 Å². The van der Waals surface area contributed by atoms with E-state index in [-0.39, 0.29) is 0 Å². The molecule has 2 N–H and O–H groups in total. The molecule has 2 aromatic rings. The average Bonchev–Trinajstić information content (AvgIpc) is 2.88. The second-order valence-electron chi connectivity index (χ2n) is 4.95. The standard InChI is InChI=1S/C15H20N2O/c1-8-9(2)11(4)14(12(5)10(8)3)15(18)13-6-7-16-17-13/h6-7,15,18H,1-5H3,(H,16,17). The van der Waals surface area contributed by atoms with Crippen LogP contribution in [-0.2, 0) is 0 Å². The first-order valence-electron chi connectivity index (χ1n) is 6.19. The number of aromatic nitrogens is 2. The van der Waals surface area contributed by atoms with Crippen LogP contribution in [0.25, 0.3) is 0 Å². The fourth-order valence-corrected chi connectivity index (χ4v) is 2.51. The summed E-state index contributed by atoms with van der Waals surface area (Å²) in [5.41, 5.74) is 7.89. The highest BCUT2D eigenvalue weighted by Gasteiger charge is 2.20. The first-order valence-corrected chi connectivity index (χ1v) is 6.19. The van der Waals surface area contributed by atoms with Crippen LogP contribution in [-0.4, -0.2) is 15.3 Å². The van der Waals surface area contributed by atoms with E-state index in [1.54, 1.807) is 6.20 Å². The van der Waals surface area contributed by atoms with Gasteiger partial charge in [0.15, 0.2) is 0 Å². The van der Waals surface area contributed by atoms with E-state index < -0.39 is 6.10 Å². The molecule has 0 aliphatic rings. The highest BCUT2D eigenvalue weighted by molar-refractivity contribution is 5.51. The van der Waals surface area contributed by atoms with Crippen LogP contribution in [0.2, 0.25) is 0 Å². The van der Waals surface area contributed by atoms with Gasteiger partial charge in [-0.25, -0.2) is 0 Å². The van der Waals surface area contributed by atoms with E-state index in [4.69, 9.17) is 0 Å². The molecule has 1 aromatic heterocycles. The quantitative estimate of drug-likeness (QED) is 0.853. The van der Waals surface area contributed by atoms with Crippen molar-refractivity contribution in [3.05, 3.63) is 51.3 Å². The molecule has 1 atom stereocenters. The van der Waals surface area contributed by atoms with E-state index >= 15 is 0 Å². The lowest BCUT2D eigenvalue weighted by molar-refractivity contribution is 0.213. The molecule has 0 amide bonds. The van der Waals surface area contributed by atoms with Crippen molar-refractivity contribution >= 4 is 0 Å². The number of hydrogen-bond donors (Lipinski definition) is 2. The van der Waals surface area contributed by atoms with Crippen LogP contribution in [0.1, 0.15) is 45.2 Å². The normalized spacial score (nSPS) is 12.8. The average molecular weight is 244 g/mol. The third kappa shape index (κ3) is 1.85. The zero-order valence-electron chi connectivity index (χ0n) is 11.6. The number of aliphatic hydroxyl groups excluding tert-OH is 1. The number of aliphatic hydroxyl groups is 1. The van der Waals surface area contributed by atoms with Gasteiger partial charge in [0.2, 0.25) is 0 Å². The molecule has 3 heteroatoms. The molecule has 0 saturated carbocycles. The Kier molecular flexibility index (Phi) is 3.26. The Morgan fingerprint density at radius 1 is 0.944 bits per heavy atom. The Bertz CT molecular complexity index is 542. The van der Waals surface area contributed by atoms with Crippen LogP contribution in [0, 0.1) is 34.6 Å². The molecule has 96 valence electrons. The summed E-state index contributed by atoms with van der Waals surface area (Å²) in [5, 5.41) is 17.3. The third-order valence-electron chi connectivity index (χ3n) is 4.15. The molecule has 3 nitrogen and oxygen atoms in total. The van der Waals surface area contributed by atoms with Crippen LogP contribution < -0.4 is 0 Å². The summed E-state index contributed by atoms with van der Waals surface area (Å²) in [4.78, 5) is 0. The van der Waals surface area contributed by atoms with Gasteiger partial charge in [-0.15, -0.1) is 0 Å². The second kappa shape index (κ2) is 4.58. The number of aromatic amines is 1. The maximum atomic E-state index is 10.5. The second-order valence-corrected chi connectivity index (χ2v) is 4.95. The van der Waals surface area contributed by atoms with Gasteiger partial charge >= 0.3 is 0 Å². The van der Waals surface area contributed by atoms with Gasteiger partial charge in [-0.1, -0.05) is 0 Å². The molecule has 0 aliphatic heterocycles. The van der Waals surface area contributed by atoms with Crippen molar-refractivity contribution in [2.24, 2.45) is 0 Å². The number of nitrogens with one attached hydrogen (secondary N) is 1. The van der Waals surface area contributed by atoms with Gasteiger partial charge in [-0.2, -0.15) is 5.10 Å². The lowest BCUT2D eigenvalue weighted by Gasteiger charge is -2.21. The fourth-order valence-electron chi connectivity index (χ4n) is 2.51. The maximum Gasteiger partial charge on any atom is 0.121 e. The summed E-state index contributed by atoms with van der Waals surface area (Å²) in [6.07, 6.45) is 1.03. The Labute approximate surface area is 108 Å². The topological polar surface area (TPSA) is 48.9 Å². The van der Waals surface area contributed by atoms with Crippen molar-refractivity contribution in [1.29, 1.82) is 0 Å². The lowest BCUT2D eigenvalue weighted by Crippen LogP contribution is -2.09. The molecule has 0 spiro atoms. The van der Waals surface area contributed by atoms with Crippen LogP contribution >= 0.6 is 0 Å². The van der Waals surface area contributed by atoms with E-state index in [0.717, 1.165) is 22.4 Å². The van der Waals surface area contributed by atoms with Crippen molar-refractivity contribution in [3.63, 3.8) is 0 Å². The molecule has 2 rings (SSSR count). The molecule has 0 bridgehead atoms.